The molecule has 0 radical (unpaired) electrons. The van der Waals surface area contributed by atoms with Crippen molar-refractivity contribution < 1.29 is 19.2 Å². The van der Waals surface area contributed by atoms with Crippen LogP contribution in [-0.2, 0) is 0 Å². The van der Waals surface area contributed by atoms with Gasteiger partial charge in [-0.05, 0) is 31.2 Å². The van der Waals surface area contributed by atoms with Gasteiger partial charge in [-0.3, -0.25) is 0 Å². The maximum Gasteiger partial charge on any atom is 0.341 e. The molecule has 0 amide bonds. The largest absolute Gasteiger partial charge is 0.494 e. The van der Waals surface area contributed by atoms with E-state index < -0.39 is 5.97 Å². The van der Waals surface area contributed by atoms with Gasteiger partial charge in [0.15, 0.2) is 5.76 Å². The fraction of sp³-hybridized carbons (Fsp3) is 0.167. The van der Waals surface area contributed by atoms with E-state index in [4.69, 9.17) is 14.4 Å². The average molecular weight is 233 g/mol. The molecule has 0 bridgehead atoms. The number of carboxylic acid groups (broad SMARTS) is 1. The average Bonchev–Trinajstić information content (AvgIpc) is 2.79. The Bertz CT molecular complexity index is 516. The van der Waals surface area contributed by atoms with E-state index in [1.165, 1.54) is 6.20 Å². The van der Waals surface area contributed by atoms with Crippen molar-refractivity contribution in [1.29, 1.82) is 0 Å². The van der Waals surface area contributed by atoms with Crippen molar-refractivity contribution >= 4 is 5.97 Å². The van der Waals surface area contributed by atoms with Gasteiger partial charge in [0, 0.05) is 5.56 Å². The quantitative estimate of drug-likeness (QED) is 0.877. The van der Waals surface area contributed by atoms with Crippen molar-refractivity contribution in [1.82, 2.24) is 5.16 Å². The molecule has 0 aliphatic rings. The van der Waals surface area contributed by atoms with Crippen LogP contribution in [0.4, 0.5) is 0 Å². The molecule has 0 saturated carbocycles. The highest BCUT2D eigenvalue weighted by Gasteiger charge is 2.16. The number of ether oxygens (including phenoxy) is 1. The van der Waals surface area contributed by atoms with Crippen molar-refractivity contribution in [3.8, 4) is 17.1 Å². The maximum atomic E-state index is 10.9. The summed E-state index contributed by atoms with van der Waals surface area (Å²) in [5.74, 6) is -0.0803. The highest BCUT2D eigenvalue weighted by Crippen LogP contribution is 2.25. The van der Waals surface area contributed by atoms with E-state index in [2.05, 4.69) is 5.16 Å². The first-order valence-electron chi connectivity index (χ1n) is 5.13. The Balaban J connectivity index is 2.33. The zero-order chi connectivity index (χ0) is 12.3. The molecule has 5 heteroatoms. The fourth-order valence-electron chi connectivity index (χ4n) is 1.47. The van der Waals surface area contributed by atoms with Crippen LogP contribution in [0.3, 0.4) is 0 Å². The number of aromatic nitrogens is 1. The van der Waals surface area contributed by atoms with E-state index in [0.717, 1.165) is 5.75 Å². The minimum Gasteiger partial charge on any atom is -0.494 e. The number of aromatic carboxylic acids is 1. The summed E-state index contributed by atoms with van der Waals surface area (Å²) in [6, 6.07) is 6.98. The van der Waals surface area contributed by atoms with E-state index in [1.807, 2.05) is 6.92 Å². The van der Waals surface area contributed by atoms with Gasteiger partial charge < -0.3 is 14.4 Å². The fourth-order valence-corrected chi connectivity index (χ4v) is 1.47. The molecule has 2 aromatic rings. The Morgan fingerprint density at radius 2 is 2.12 bits per heavy atom. The standard InChI is InChI=1S/C12H11NO4/c1-2-16-9-5-3-8(4-6-9)11-10(12(14)15)7-13-17-11/h3-7H,2H2,1H3,(H,14,15). The Morgan fingerprint density at radius 1 is 1.41 bits per heavy atom. The smallest absolute Gasteiger partial charge is 0.341 e. The van der Waals surface area contributed by atoms with E-state index in [0.29, 0.717) is 12.2 Å². The van der Waals surface area contributed by atoms with Crippen LogP contribution in [0.2, 0.25) is 0 Å². The number of rotatable bonds is 4. The molecule has 0 aliphatic heterocycles. The van der Waals surface area contributed by atoms with Gasteiger partial charge in [-0.25, -0.2) is 4.79 Å². The number of nitrogens with zero attached hydrogens (tertiary/aromatic N) is 1. The van der Waals surface area contributed by atoms with Crippen LogP contribution < -0.4 is 4.74 Å². The lowest BCUT2D eigenvalue weighted by Gasteiger charge is -2.03. The molecule has 0 spiro atoms. The third-order valence-electron chi connectivity index (χ3n) is 2.23. The van der Waals surface area contributed by atoms with Gasteiger partial charge in [0.05, 0.1) is 12.8 Å². The summed E-state index contributed by atoms with van der Waals surface area (Å²) in [5, 5.41) is 12.4. The molecule has 0 unspecified atom stereocenters. The van der Waals surface area contributed by atoms with E-state index in [9.17, 15) is 4.79 Å². The highest BCUT2D eigenvalue weighted by atomic mass is 16.5. The van der Waals surface area contributed by atoms with E-state index in [1.54, 1.807) is 24.3 Å². The normalized spacial score (nSPS) is 10.2. The monoisotopic (exact) mass is 233 g/mol. The second kappa shape index (κ2) is 4.69. The second-order valence-corrected chi connectivity index (χ2v) is 3.33. The minimum absolute atomic E-state index is 0.0501. The van der Waals surface area contributed by atoms with Gasteiger partial charge in [0.25, 0.3) is 0 Å². The molecule has 5 nitrogen and oxygen atoms in total. The number of benzene rings is 1. The summed E-state index contributed by atoms with van der Waals surface area (Å²) in [4.78, 5) is 10.9. The predicted molar refractivity (Wildman–Crippen MR) is 60.1 cm³/mol. The molecule has 17 heavy (non-hydrogen) atoms. The van der Waals surface area contributed by atoms with Crippen molar-refractivity contribution in [3.63, 3.8) is 0 Å². The van der Waals surface area contributed by atoms with Crippen LogP contribution in [0.1, 0.15) is 17.3 Å². The second-order valence-electron chi connectivity index (χ2n) is 3.33. The summed E-state index contributed by atoms with van der Waals surface area (Å²) in [6.07, 6.45) is 1.19. The van der Waals surface area contributed by atoms with Crippen LogP contribution >= 0.6 is 0 Å². The minimum atomic E-state index is -1.06. The van der Waals surface area contributed by atoms with Gasteiger partial charge in [-0.1, -0.05) is 5.16 Å². The molecule has 0 aliphatic carbocycles. The SMILES string of the molecule is CCOc1ccc(-c2oncc2C(=O)O)cc1. The number of carbonyl (C=O) groups is 1. The third-order valence-corrected chi connectivity index (χ3v) is 2.23. The molecular formula is C12H11NO4. The lowest BCUT2D eigenvalue weighted by molar-refractivity contribution is 0.0697. The van der Waals surface area contributed by atoms with Crippen molar-refractivity contribution in [2.24, 2.45) is 0 Å². The molecule has 1 heterocycles. The van der Waals surface area contributed by atoms with Crippen molar-refractivity contribution in [3.05, 3.63) is 36.0 Å². The molecule has 1 N–H and O–H groups in total. The van der Waals surface area contributed by atoms with Crippen LogP contribution in [0.15, 0.2) is 35.0 Å². The third kappa shape index (κ3) is 2.28. The summed E-state index contributed by atoms with van der Waals surface area (Å²) in [5.41, 5.74) is 0.706. The Hall–Kier alpha value is -2.30. The van der Waals surface area contributed by atoms with Crippen LogP contribution in [0.5, 0.6) is 5.75 Å². The Morgan fingerprint density at radius 3 is 2.71 bits per heavy atom. The topological polar surface area (TPSA) is 72.6 Å². The van der Waals surface area contributed by atoms with E-state index >= 15 is 0 Å². The van der Waals surface area contributed by atoms with Crippen molar-refractivity contribution in [2.45, 2.75) is 6.92 Å². The first kappa shape index (κ1) is 11.2. The zero-order valence-corrected chi connectivity index (χ0v) is 9.21. The number of hydrogen-bond acceptors (Lipinski definition) is 4. The maximum absolute atomic E-state index is 10.9. The van der Waals surface area contributed by atoms with Crippen LogP contribution in [-0.4, -0.2) is 22.8 Å². The van der Waals surface area contributed by atoms with Crippen LogP contribution in [0, 0.1) is 0 Å². The molecule has 1 aromatic carbocycles. The molecule has 1 aromatic heterocycles. The van der Waals surface area contributed by atoms with Crippen molar-refractivity contribution in [2.75, 3.05) is 6.61 Å². The molecule has 2 rings (SSSR count). The Kier molecular flexibility index (Phi) is 3.09. The van der Waals surface area contributed by atoms with Crippen LogP contribution in [0.25, 0.3) is 11.3 Å². The van der Waals surface area contributed by atoms with Gasteiger partial charge in [-0.15, -0.1) is 0 Å². The summed E-state index contributed by atoms with van der Waals surface area (Å²) in [7, 11) is 0. The summed E-state index contributed by atoms with van der Waals surface area (Å²) in [6.45, 7) is 2.48. The molecule has 0 atom stereocenters. The molecule has 88 valence electrons. The lowest BCUT2D eigenvalue weighted by atomic mass is 10.1. The van der Waals surface area contributed by atoms with Gasteiger partial charge in [-0.2, -0.15) is 0 Å². The molecule has 0 fully saturated rings. The van der Waals surface area contributed by atoms with E-state index in [-0.39, 0.29) is 11.3 Å². The number of carboxylic acids is 1. The van der Waals surface area contributed by atoms with Gasteiger partial charge in [0.2, 0.25) is 0 Å². The summed E-state index contributed by atoms with van der Waals surface area (Å²) < 4.78 is 10.2. The number of hydrogen-bond donors (Lipinski definition) is 1. The van der Waals surface area contributed by atoms with Gasteiger partial charge in [0.1, 0.15) is 11.3 Å². The zero-order valence-electron chi connectivity index (χ0n) is 9.21. The molecule has 0 saturated heterocycles. The lowest BCUT2D eigenvalue weighted by Crippen LogP contribution is -1.96. The first-order chi connectivity index (χ1) is 8.22. The predicted octanol–water partition coefficient (Wildman–Crippen LogP) is 2.44. The highest BCUT2D eigenvalue weighted by molar-refractivity contribution is 5.93. The first-order valence-corrected chi connectivity index (χ1v) is 5.13. The summed E-state index contributed by atoms with van der Waals surface area (Å²) >= 11 is 0. The molecular weight excluding hydrogens is 222 g/mol. The Labute approximate surface area is 97.6 Å². The van der Waals surface area contributed by atoms with Gasteiger partial charge >= 0.3 is 5.97 Å².